The smallest absolute Gasteiger partial charge is 0.00382 e. The molecule has 2 aliphatic carbocycles. The quantitative estimate of drug-likeness (QED) is 0.614. The molecule has 0 aliphatic heterocycles. The lowest BCUT2D eigenvalue weighted by atomic mass is 9.58. The Bertz CT molecular complexity index is 628. The molecule has 0 amide bonds. The summed E-state index contributed by atoms with van der Waals surface area (Å²) in [5.41, 5.74) is 3.57. The Kier molecular flexibility index (Phi) is 2.87. The zero-order valence-corrected chi connectivity index (χ0v) is 12.5. The summed E-state index contributed by atoms with van der Waals surface area (Å²) < 4.78 is 0. The highest BCUT2D eigenvalue weighted by Gasteiger charge is 2.41. The molecular weight excluding hydrogens is 240 g/mol. The highest BCUT2D eigenvalue weighted by molar-refractivity contribution is 5.89. The summed E-state index contributed by atoms with van der Waals surface area (Å²) in [4.78, 5) is 0. The van der Waals surface area contributed by atoms with E-state index < -0.39 is 0 Å². The van der Waals surface area contributed by atoms with Crippen molar-refractivity contribution in [1.82, 2.24) is 0 Å². The number of fused-ring (bicyclic) bond motifs is 3. The molecule has 2 saturated carbocycles. The average Bonchev–Trinajstić information content (AvgIpc) is 2.48. The van der Waals surface area contributed by atoms with Crippen molar-refractivity contribution in [2.45, 2.75) is 57.3 Å². The van der Waals surface area contributed by atoms with Crippen molar-refractivity contribution >= 4 is 10.8 Å². The molecule has 0 spiro atoms. The van der Waals surface area contributed by atoms with E-state index in [0.29, 0.717) is 5.41 Å². The van der Waals surface area contributed by atoms with Gasteiger partial charge >= 0.3 is 0 Å². The maximum Gasteiger partial charge on any atom is -0.00382 e. The van der Waals surface area contributed by atoms with Gasteiger partial charge in [0.05, 0.1) is 0 Å². The first-order chi connectivity index (χ1) is 9.78. The monoisotopic (exact) mass is 264 g/mol. The molecule has 0 unspecified atom stereocenters. The van der Waals surface area contributed by atoms with Gasteiger partial charge in [0.1, 0.15) is 0 Å². The van der Waals surface area contributed by atoms with Crippen LogP contribution in [0.5, 0.6) is 0 Å². The molecule has 2 aromatic rings. The Morgan fingerprint density at radius 1 is 0.900 bits per heavy atom. The van der Waals surface area contributed by atoms with E-state index in [2.05, 4.69) is 43.3 Å². The molecular formula is C20H24. The molecule has 2 fully saturated rings. The van der Waals surface area contributed by atoms with Crippen molar-refractivity contribution in [2.75, 3.05) is 0 Å². The molecule has 0 atom stereocenters. The van der Waals surface area contributed by atoms with E-state index in [1.807, 2.05) is 0 Å². The number of rotatable bonds is 1. The van der Waals surface area contributed by atoms with Crippen molar-refractivity contribution in [3.63, 3.8) is 0 Å². The van der Waals surface area contributed by atoms with Gasteiger partial charge in [0.15, 0.2) is 0 Å². The molecule has 0 heterocycles. The third-order valence-electron chi connectivity index (χ3n) is 5.93. The van der Waals surface area contributed by atoms with Crippen LogP contribution in [-0.2, 0) is 5.41 Å². The fourth-order valence-electron chi connectivity index (χ4n) is 4.98. The van der Waals surface area contributed by atoms with Gasteiger partial charge in [-0.05, 0) is 59.4 Å². The fraction of sp³-hybridized carbons (Fsp3) is 0.500. The Hall–Kier alpha value is -1.30. The minimum Gasteiger partial charge on any atom is -0.0616 e. The first kappa shape index (κ1) is 12.4. The van der Waals surface area contributed by atoms with E-state index in [0.717, 1.165) is 5.92 Å². The second-order valence-corrected chi connectivity index (χ2v) is 7.11. The van der Waals surface area contributed by atoms with Crippen LogP contribution in [0.2, 0.25) is 0 Å². The molecule has 0 saturated heterocycles. The van der Waals surface area contributed by atoms with Crippen LogP contribution in [0.25, 0.3) is 10.8 Å². The maximum absolute atomic E-state index is 2.45. The van der Waals surface area contributed by atoms with Crippen LogP contribution in [0, 0.1) is 12.8 Å². The lowest BCUT2D eigenvalue weighted by Gasteiger charge is -2.46. The van der Waals surface area contributed by atoms with Crippen LogP contribution in [0.3, 0.4) is 0 Å². The average molecular weight is 264 g/mol. The number of hydrogen-bond donors (Lipinski definition) is 0. The van der Waals surface area contributed by atoms with E-state index in [4.69, 9.17) is 0 Å². The van der Waals surface area contributed by atoms with E-state index in [1.54, 1.807) is 5.56 Å². The molecule has 2 aromatic carbocycles. The van der Waals surface area contributed by atoms with Crippen molar-refractivity contribution in [2.24, 2.45) is 5.92 Å². The van der Waals surface area contributed by atoms with E-state index in [-0.39, 0.29) is 0 Å². The van der Waals surface area contributed by atoms with Gasteiger partial charge in [-0.1, -0.05) is 62.1 Å². The molecule has 2 aliphatic rings. The zero-order chi connectivity index (χ0) is 13.6. The van der Waals surface area contributed by atoms with Crippen LogP contribution in [0.1, 0.15) is 56.1 Å². The van der Waals surface area contributed by atoms with Gasteiger partial charge < -0.3 is 0 Å². The molecule has 0 N–H and O–H groups in total. The topological polar surface area (TPSA) is 0 Å². The third-order valence-corrected chi connectivity index (χ3v) is 5.93. The van der Waals surface area contributed by atoms with Crippen LogP contribution >= 0.6 is 0 Å². The largest absolute Gasteiger partial charge is 0.0616 e. The highest BCUT2D eigenvalue weighted by atomic mass is 14.4. The molecule has 104 valence electrons. The highest BCUT2D eigenvalue weighted by Crippen LogP contribution is 2.52. The summed E-state index contributed by atoms with van der Waals surface area (Å²) in [5, 5.41) is 2.99. The molecule has 0 radical (unpaired) electrons. The first-order valence-corrected chi connectivity index (χ1v) is 8.27. The van der Waals surface area contributed by atoms with Gasteiger partial charge in [0, 0.05) is 0 Å². The van der Waals surface area contributed by atoms with Crippen molar-refractivity contribution < 1.29 is 0 Å². The first-order valence-electron chi connectivity index (χ1n) is 8.27. The van der Waals surface area contributed by atoms with Crippen LogP contribution in [-0.4, -0.2) is 0 Å². The Morgan fingerprint density at radius 3 is 2.35 bits per heavy atom. The standard InChI is InChI=1S/C20H24/c1-15-10-11-19(18-9-3-2-8-17(15)18)20-12-4-6-16(14-20)7-5-13-20/h2-3,8-11,16H,4-7,12-14H2,1H3. The number of hydrogen-bond acceptors (Lipinski definition) is 0. The van der Waals surface area contributed by atoms with Gasteiger partial charge in [0.2, 0.25) is 0 Å². The second-order valence-electron chi connectivity index (χ2n) is 7.11. The van der Waals surface area contributed by atoms with Gasteiger partial charge in [-0.25, -0.2) is 0 Å². The minimum absolute atomic E-state index is 0.495. The summed E-state index contributed by atoms with van der Waals surface area (Å²) >= 11 is 0. The Morgan fingerprint density at radius 2 is 1.60 bits per heavy atom. The maximum atomic E-state index is 2.45. The van der Waals surface area contributed by atoms with Crippen molar-refractivity contribution in [1.29, 1.82) is 0 Å². The van der Waals surface area contributed by atoms with Crippen molar-refractivity contribution in [3.05, 3.63) is 47.5 Å². The predicted molar refractivity (Wildman–Crippen MR) is 86.2 cm³/mol. The van der Waals surface area contributed by atoms with Crippen molar-refractivity contribution in [3.8, 4) is 0 Å². The number of benzene rings is 2. The lowest BCUT2D eigenvalue weighted by molar-refractivity contribution is 0.151. The molecule has 2 bridgehead atoms. The third kappa shape index (κ3) is 1.81. The normalized spacial score (nSPS) is 29.6. The van der Waals surface area contributed by atoms with Crippen LogP contribution < -0.4 is 0 Å². The molecule has 0 aromatic heterocycles. The van der Waals surface area contributed by atoms with Gasteiger partial charge in [-0.3, -0.25) is 0 Å². The predicted octanol–water partition coefficient (Wildman–Crippen LogP) is 5.76. The molecule has 0 nitrogen and oxygen atoms in total. The summed E-state index contributed by atoms with van der Waals surface area (Å²) in [6.07, 6.45) is 10.1. The zero-order valence-electron chi connectivity index (χ0n) is 12.5. The number of aryl methyl sites for hydroxylation is 1. The summed E-state index contributed by atoms with van der Waals surface area (Å²) in [5.74, 6) is 0.998. The summed E-state index contributed by atoms with van der Waals surface area (Å²) in [6.45, 7) is 2.24. The molecule has 20 heavy (non-hydrogen) atoms. The second kappa shape index (κ2) is 4.62. The SMILES string of the molecule is Cc1ccc(C23CCCC(CCC2)C3)c2ccccc12. The lowest BCUT2D eigenvalue weighted by Crippen LogP contribution is -2.36. The van der Waals surface area contributed by atoms with E-state index in [9.17, 15) is 0 Å². The molecule has 0 heteroatoms. The van der Waals surface area contributed by atoms with Gasteiger partial charge in [-0.15, -0.1) is 0 Å². The Labute approximate surface area is 122 Å². The summed E-state index contributed by atoms with van der Waals surface area (Å²) in [6, 6.07) is 13.8. The Balaban J connectivity index is 1.91. The van der Waals surface area contributed by atoms with E-state index >= 15 is 0 Å². The minimum atomic E-state index is 0.495. The molecule has 4 rings (SSSR count). The van der Waals surface area contributed by atoms with Crippen LogP contribution in [0.4, 0.5) is 0 Å². The summed E-state index contributed by atoms with van der Waals surface area (Å²) in [7, 11) is 0. The van der Waals surface area contributed by atoms with Gasteiger partial charge in [0.25, 0.3) is 0 Å². The van der Waals surface area contributed by atoms with E-state index in [1.165, 1.54) is 61.3 Å². The fourth-order valence-corrected chi connectivity index (χ4v) is 4.98. The van der Waals surface area contributed by atoms with Gasteiger partial charge in [-0.2, -0.15) is 0 Å². The van der Waals surface area contributed by atoms with Crippen LogP contribution in [0.15, 0.2) is 36.4 Å².